The van der Waals surface area contributed by atoms with E-state index in [1.807, 2.05) is 20.8 Å². The Kier molecular flexibility index (Phi) is 5.87. The van der Waals surface area contributed by atoms with Crippen LogP contribution in [-0.4, -0.2) is 16.5 Å². The van der Waals surface area contributed by atoms with Gasteiger partial charge in [-0.25, -0.2) is 4.98 Å². The lowest BCUT2D eigenvalue weighted by Gasteiger charge is -2.23. The molecular weight excluding hydrogens is 329 g/mol. The minimum absolute atomic E-state index is 0.333. The van der Waals surface area contributed by atoms with Gasteiger partial charge in [0.1, 0.15) is 5.82 Å². The molecule has 0 atom stereocenters. The van der Waals surface area contributed by atoms with Gasteiger partial charge in [0.25, 0.3) is 0 Å². The van der Waals surface area contributed by atoms with Crippen LogP contribution < -0.4 is 10.6 Å². The summed E-state index contributed by atoms with van der Waals surface area (Å²) in [5, 5.41) is 0. The van der Waals surface area contributed by atoms with Gasteiger partial charge >= 0.3 is 6.18 Å². The summed E-state index contributed by atoms with van der Waals surface area (Å²) in [7, 11) is 0. The van der Waals surface area contributed by atoms with Crippen LogP contribution in [0.1, 0.15) is 44.0 Å². The third-order valence-corrected chi connectivity index (χ3v) is 4.00. The van der Waals surface area contributed by atoms with E-state index in [0.29, 0.717) is 24.0 Å². The molecular formula is C18H23F3N4. The molecule has 0 bridgehead atoms. The number of hydrogen-bond acceptors (Lipinski definition) is 4. The van der Waals surface area contributed by atoms with Crippen molar-refractivity contribution in [2.45, 2.75) is 46.2 Å². The van der Waals surface area contributed by atoms with Gasteiger partial charge in [-0.15, -0.1) is 0 Å². The van der Waals surface area contributed by atoms with E-state index in [1.165, 1.54) is 6.07 Å². The van der Waals surface area contributed by atoms with Crippen LogP contribution in [0.2, 0.25) is 0 Å². The van der Waals surface area contributed by atoms with Gasteiger partial charge in [0.2, 0.25) is 5.95 Å². The van der Waals surface area contributed by atoms with Crippen molar-refractivity contribution in [1.82, 2.24) is 9.97 Å². The summed E-state index contributed by atoms with van der Waals surface area (Å²) in [5.41, 5.74) is 7.54. The fourth-order valence-electron chi connectivity index (χ4n) is 2.78. The normalized spacial score (nSPS) is 11.6. The Morgan fingerprint density at radius 3 is 2.40 bits per heavy atom. The fourth-order valence-corrected chi connectivity index (χ4v) is 2.78. The van der Waals surface area contributed by atoms with Crippen molar-refractivity contribution < 1.29 is 13.2 Å². The first-order chi connectivity index (χ1) is 11.8. The monoisotopic (exact) mass is 352 g/mol. The van der Waals surface area contributed by atoms with Gasteiger partial charge in [0, 0.05) is 17.8 Å². The average molecular weight is 352 g/mol. The molecule has 0 saturated heterocycles. The van der Waals surface area contributed by atoms with Gasteiger partial charge in [-0.05, 0) is 38.0 Å². The number of halogens is 3. The second-order valence-corrected chi connectivity index (χ2v) is 5.73. The summed E-state index contributed by atoms with van der Waals surface area (Å²) in [5.74, 6) is 0.723. The van der Waals surface area contributed by atoms with Crippen molar-refractivity contribution in [1.29, 1.82) is 0 Å². The Morgan fingerprint density at radius 2 is 1.84 bits per heavy atom. The molecule has 2 rings (SSSR count). The maximum Gasteiger partial charge on any atom is 0.416 e. The number of alkyl halides is 3. The van der Waals surface area contributed by atoms with Crippen molar-refractivity contribution >= 4 is 17.5 Å². The quantitative estimate of drug-likeness (QED) is 0.815. The van der Waals surface area contributed by atoms with Crippen LogP contribution in [0.25, 0.3) is 0 Å². The van der Waals surface area contributed by atoms with Crippen LogP contribution in [-0.2, 0) is 19.0 Å². The molecule has 0 fully saturated rings. The summed E-state index contributed by atoms with van der Waals surface area (Å²) in [6.45, 7) is 6.30. The maximum absolute atomic E-state index is 13.0. The molecule has 0 unspecified atom stereocenters. The molecule has 0 aliphatic rings. The molecule has 7 heteroatoms. The molecule has 0 aliphatic heterocycles. The Hall–Kier alpha value is -2.31. The number of hydrogen-bond donors (Lipinski definition) is 1. The van der Waals surface area contributed by atoms with E-state index in [9.17, 15) is 13.2 Å². The highest BCUT2D eigenvalue weighted by molar-refractivity contribution is 5.60. The lowest BCUT2D eigenvalue weighted by molar-refractivity contribution is -0.137. The zero-order valence-electron chi connectivity index (χ0n) is 14.7. The van der Waals surface area contributed by atoms with Crippen LogP contribution in [0.4, 0.5) is 30.6 Å². The van der Waals surface area contributed by atoms with Crippen molar-refractivity contribution in [2.75, 3.05) is 17.2 Å². The molecule has 2 aromatic rings. The van der Waals surface area contributed by atoms with E-state index in [-0.39, 0.29) is 0 Å². The highest BCUT2D eigenvalue weighted by Crippen LogP contribution is 2.33. The van der Waals surface area contributed by atoms with Crippen LogP contribution >= 0.6 is 0 Å². The van der Waals surface area contributed by atoms with Crippen LogP contribution in [0, 0.1) is 0 Å². The smallest absolute Gasteiger partial charge is 0.383 e. The summed E-state index contributed by atoms with van der Waals surface area (Å²) in [6.07, 6.45) is -2.02. The molecule has 1 aromatic heterocycles. The van der Waals surface area contributed by atoms with Gasteiger partial charge in [-0.3, -0.25) is 0 Å². The van der Waals surface area contributed by atoms with Crippen molar-refractivity contribution in [3.05, 3.63) is 41.1 Å². The number of nitrogen functional groups attached to an aromatic ring is 1. The molecule has 1 heterocycles. The average Bonchev–Trinajstić information content (AvgIpc) is 2.55. The van der Waals surface area contributed by atoms with E-state index in [0.717, 1.165) is 42.7 Å². The summed E-state index contributed by atoms with van der Waals surface area (Å²) in [4.78, 5) is 10.6. The Balaban J connectivity index is 2.51. The lowest BCUT2D eigenvalue weighted by Crippen LogP contribution is -2.21. The molecule has 4 nitrogen and oxygen atoms in total. The molecule has 25 heavy (non-hydrogen) atoms. The van der Waals surface area contributed by atoms with E-state index >= 15 is 0 Å². The summed E-state index contributed by atoms with van der Waals surface area (Å²) < 4.78 is 39.0. The predicted octanol–water partition coefficient (Wildman–Crippen LogP) is 4.75. The van der Waals surface area contributed by atoms with Crippen molar-refractivity contribution in [3.63, 3.8) is 0 Å². The number of aromatic nitrogens is 2. The van der Waals surface area contributed by atoms with Crippen LogP contribution in [0.5, 0.6) is 0 Å². The number of anilines is 3. The molecule has 0 aliphatic carbocycles. The molecule has 136 valence electrons. The van der Waals surface area contributed by atoms with Crippen LogP contribution in [0.15, 0.2) is 24.3 Å². The van der Waals surface area contributed by atoms with E-state index in [4.69, 9.17) is 5.73 Å². The SMILES string of the molecule is CCCc1nc(N(CC)c2cccc(C(F)(F)F)c2)nc(N)c1CC. The second kappa shape index (κ2) is 7.72. The first-order valence-electron chi connectivity index (χ1n) is 8.41. The first kappa shape index (κ1) is 19.0. The molecule has 0 radical (unpaired) electrons. The molecule has 1 aromatic carbocycles. The van der Waals surface area contributed by atoms with Gasteiger partial charge in [0.05, 0.1) is 11.3 Å². The van der Waals surface area contributed by atoms with E-state index in [2.05, 4.69) is 9.97 Å². The Labute approximate surface area is 145 Å². The zero-order chi connectivity index (χ0) is 18.6. The lowest BCUT2D eigenvalue weighted by atomic mass is 10.1. The first-order valence-corrected chi connectivity index (χ1v) is 8.41. The topological polar surface area (TPSA) is 55.0 Å². The van der Waals surface area contributed by atoms with Gasteiger partial charge in [-0.1, -0.05) is 26.3 Å². The number of aryl methyl sites for hydroxylation is 1. The summed E-state index contributed by atoms with van der Waals surface area (Å²) >= 11 is 0. The number of rotatable bonds is 6. The maximum atomic E-state index is 13.0. The third kappa shape index (κ3) is 4.21. The fraction of sp³-hybridized carbons (Fsp3) is 0.444. The van der Waals surface area contributed by atoms with E-state index in [1.54, 1.807) is 11.0 Å². The number of benzene rings is 1. The highest BCUT2D eigenvalue weighted by Gasteiger charge is 2.31. The molecule has 0 amide bonds. The molecule has 0 saturated carbocycles. The van der Waals surface area contributed by atoms with Crippen LogP contribution in [0.3, 0.4) is 0 Å². The van der Waals surface area contributed by atoms with E-state index < -0.39 is 11.7 Å². The van der Waals surface area contributed by atoms with Crippen molar-refractivity contribution in [2.24, 2.45) is 0 Å². The largest absolute Gasteiger partial charge is 0.416 e. The minimum Gasteiger partial charge on any atom is -0.383 e. The van der Waals surface area contributed by atoms with Gasteiger partial charge in [-0.2, -0.15) is 18.2 Å². The second-order valence-electron chi connectivity index (χ2n) is 5.73. The summed E-state index contributed by atoms with van der Waals surface area (Å²) in [6, 6.07) is 5.16. The minimum atomic E-state index is -4.39. The number of nitrogens with two attached hydrogens (primary N) is 1. The number of nitrogens with zero attached hydrogens (tertiary/aromatic N) is 3. The molecule has 2 N–H and O–H groups in total. The standard InChI is InChI=1S/C18H23F3N4/c1-4-8-15-14(5-2)16(22)24-17(23-15)25(6-3)13-10-7-9-12(11-13)18(19,20)21/h7,9-11H,4-6,8H2,1-3H3,(H2,22,23,24). The molecule has 0 spiro atoms. The Morgan fingerprint density at radius 1 is 1.12 bits per heavy atom. The van der Waals surface area contributed by atoms with Gasteiger partial charge < -0.3 is 10.6 Å². The third-order valence-electron chi connectivity index (χ3n) is 4.00. The van der Waals surface area contributed by atoms with Gasteiger partial charge in [0.15, 0.2) is 0 Å². The Bertz CT molecular complexity index is 729. The van der Waals surface area contributed by atoms with Crippen molar-refractivity contribution in [3.8, 4) is 0 Å². The zero-order valence-corrected chi connectivity index (χ0v) is 14.7. The highest BCUT2D eigenvalue weighted by atomic mass is 19.4. The predicted molar refractivity (Wildman–Crippen MR) is 93.9 cm³/mol.